The highest BCUT2D eigenvalue weighted by Gasteiger charge is 2.29. The lowest BCUT2D eigenvalue weighted by Gasteiger charge is -2.16. The van der Waals surface area contributed by atoms with Crippen LogP contribution in [-0.2, 0) is 4.79 Å². The Morgan fingerprint density at radius 2 is 1.88 bits per heavy atom. The van der Waals surface area contributed by atoms with Crippen molar-refractivity contribution in [2.45, 2.75) is 18.6 Å². The van der Waals surface area contributed by atoms with Gasteiger partial charge in [-0.25, -0.2) is 4.98 Å². The van der Waals surface area contributed by atoms with E-state index in [4.69, 9.17) is 15.5 Å². The molecule has 0 radical (unpaired) electrons. The van der Waals surface area contributed by atoms with E-state index in [-0.39, 0.29) is 18.1 Å². The van der Waals surface area contributed by atoms with Gasteiger partial charge in [-0.2, -0.15) is 0 Å². The monoisotopic (exact) mass is 333 g/mol. The predicted octanol–water partition coefficient (Wildman–Crippen LogP) is 2.50. The fourth-order valence-electron chi connectivity index (χ4n) is 3.19. The molecule has 5 heteroatoms. The number of fused-ring (bicyclic) bond motifs is 1. The summed E-state index contributed by atoms with van der Waals surface area (Å²) in [5.74, 6) is 0.442. The molecule has 1 aliphatic rings. The van der Waals surface area contributed by atoms with Crippen LogP contribution in [-0.4, -0.2) is 29.6 Å². The molecule has 2 unspecified atom stereocenters. The molecule has 0 saturated carbocycles. The lowest BCUT2D eigenvalue weighted by molar-refractivity contribution is -0.119. The predicted molar refractivity (Wildman–Crippen MR) is 97.2 cm³/mol. The van der Waals surface area contributed by atoms with E-state index in [1.54, 1.807) is 0 Å². The van der Waals surface area contributed by atoms with E-state index in [0.717, 1.165) is 27.9 Å². The molecule has 1 amide bonds. The maximum atomic E-state index is 11.3. The molecule has 1 saturated heterocycles. The highest BCUT2D eigenvalue weighted by Crippen LogP contribution is 2.31. The van der Waals surface area contributed by atoms with Gasteiger partial charge < -0.3 is 15.8 Å². The molecular formula is C20H19N3O2. The summed E-state index contributed by atoms with van der Waals surface area (Å²) in [4.78, 5) is 16.1. The van der Waals surface area contributed by atoms with Crippen molar-refractivity contribution in [3.05, 3.63) is 60.7 Å². The number of pyridine rings is 1. The molecule has 1 aromatic heterocycles. The van der Waals surface area contributed by atoms with Gasteiger partial charge in [-0.15, -0.1) is 0 Å². The maximum Gasteiger partial charge on any atom is 0.234 e. The molecule has 2 heterocycles. The van der Waals surface area contributed by atoms with E-state index in [1.165, 1.54) is 0 Å². The molecule has 0 bridgehead atoms. The highest BCUT2D eigenvalue weighted by atomic mass is 16.5. The van der Waals surface area contributed by atoms with E-state index in [2.05, 4.69) is 5.32 Å². The average molecular weight is 333 g/mol. The molecule has 126 valence electrons. The fourth-order valence-corrected chi connectivity index (χ4v) is 3.19. The lowest BCUT2D eigenvalue weighted by atomic mass is 10.1. The van der Waals surface area contributed by atoms with Crippen LogP contribution in [0.5, 0.6) is 5.75 Å². The van der Waals surface area contributed by atoms with Crippen molar-refractivity contribution in [3.63, 3.8) is 0 Å². The third-order valence-electron chi connectivity index (χ3n) is 4.48. The molecule has 2 aromatic carbocycles. The molecule has 4 rings (SSSR count). The van der Waals surface area contributed by atoms with Crippen LogP contribution in [0.4, 0.5) is 0 Å². The second kappa shape index (κ2) is 6.53. The SMILES string of the molecule is NC(=O)C1CC(Oc2cc(-c3ccccc3)nc3ccccc23)CN1. The van der Waals surface area contributed by atoms with Crippen LogP contribution in [0.15, 0.2) is 60.7 Å². The number of rotatable bonds is 4. The number of hydrogen-bond donors (Lipinski definition) is 2. The summed E-state index contributed by atoms with van der Waals surface area (Å²) in [5, 5.41) is 4.07. The maximum absolute atomic E-state index is 11.3. The Morgan fingerprint density at radius 1 is 1.12 bits per heavy atom. The topological polar surface area (TPSA) is 77.2 Å². The van der Waals surface area contributed by atoms with Gasteiger partial charge >= 0.3 is 0 Å². The molecule has 3 aromatic rings. The molecule has 5 nitrogen and oxygen atoms in total. The van der Waals surface area contributed by atoms with Crippen molar-refractivity contribution in [3.8, 4) is 17.0 Å². The molecule has 2 atom stereocenters. The second-order valence-corrected chi connectivity index (χ2v) is 6.23. The third kappa shape index (κ3) is 3.19. The van der Waals surface area contributed by atoms with E-state index in [1.807, 2.05) is 60.7 Å². The number of primary amides is 1. The number of nitrogens with zero attached hydrogens (tertiary/aromatic N) is 1. The minimum Gasteiger partial charge on any atom is -0.488 e. The van der Waals surface area contributed by atoms with Crippen molar-refractivity contribution >= 4 is 16.8 Å². The summed E-state index contributed by atoms with van der Waals surface area (Å²) >= 11 is 0. The van der Waals surface area contributed by atoms with E-state index in [0.29, 0.717) is 13.0 Å². The molecule has 3 N–H and O–H groups in total. The number of benzene rings is 2. The van der Waals surface area contributed by atoms with Crippen molar-refractivity contribution in [1.82, 2.24) is 10.3 Å². The third-order valence-corrected chi connectivity index (χ3v) is 4.48. The number of para-hydroxylation sites is 1. The molecule has 1 aliphatic heterocycles. The van der Waals surface area contributed by atoms with Crippen molar-refractivity contribution < 1.29 is 9.53 Å². The van der Waals surface area contributed by atoms with Gasteiger partial charge in [0.25, 0.3) is 0 Å². The van der Waals surface area contributed by atoms with Crippen LogP contribution < -0.4 is 15.8 Å². The van der Waals surface area contributed by atoms with Gasteiger partial charge in [0.1, 0.15) is 11.9 Å². The Labute approximate surface area is 145 Å². The van der Waals surface area contributed by atoms with Crippen LogP contribution in [0.1, 0.15) is 6.42 Å². The van der Waals surface area contributed by atoms with Crippen molar-refractivity contribution in [2.75, 3.05) is 6.54 Å². The number of amides is 1. The second-order valence-electron chi connectivity index (χ2n) is 6.23. The molecular weight excluding hydrogens is 314 g/mol. The van der Waals surface area contributed by atoms with Gasteiger partial charge in [0, 0.05) is 30.0 Å². The van der Waals surface area contributed by atoms with Gasteiger partial charge in [0.15, 0.2) is 0 Å². The van der Waals surface area contributed by atoms with Crippen LogP contribution >= 0.6 is 0 Å². The standard InChI is InChI=1S/C20H19N3O2/c21-20(24)18-10-14(12-22-18)25-19-11-17(13-6-2-1-3-7-13)23-16-9-5-4-8-15(16)19/h1-9,11,14,18,22H,10,12H2,(H2,21,24). The first-order chi connectivity index (χ1) is 12.2. The van der Waals surface area contributed by atoms with E-state index >= 15 is 0 Å². The molecule has 0 spiro atoms. The number of carbonyl (C=O) groups is 1. The first-order valence-electron chi connectivity index (χ1n) is 8.35. The van der Waals surface area contributed by atoms with Crippen molar-refractivity contribution in [2.24, 2.45) is 5.73 Å². The number of aromatic nitrogens is 1. The Kier molecular flexibility index (Phi) is 4.07. The molecule has 25 heavy (non-hydrogen) atoms. The Morgan fingerprint density at radius 3 is 2.64 bits per heavy atom. The van der Waals surface area contributed by atoms with Crippen molar-refractivity contribution in [1.29, 1.82) is 0 Å². The molecule has 1 fully saturated rings. The number of hydrogen-bond acceptors (Lipinski definition) is 4. The zero-order valence-corrected chi connectivity index (χ0v) is 13.7. The summed E-state index contributed by atoms with van der Waals surface area (Å²) in [6, 6.07) is 19.6. The number of nitrogens with one attached hydrogen (secondary N) is 1. The van der Waals surface area contributed by atoms with Crippen LogP contribution in [0, 0.1) is 0 Å². The Hall–Kier alpha value is -2.92. The number of carbonyl (C=O) groups excluding carboxylic acids is 1. The first-order valence-corrected chi connectivity index (χ1v) is 8.35. The summed E-state index contributed by atoms with van der Waals surface area (Å²) < 4.78 is 6.22. The summed E-state index contributed by atoms with van der Waals surface area (Å²) in [6.07, 6.45) is 0.485. The van der Waals surface area contributed by atoms with Crippen LogP contribution in [0.2, 0.25) is 0 Å². The largest absolute Gasteiger partial charge is 0.488 e. The number of ether oxygens (including phenoxy) is 1. The minimum atomic E-state index is -0.337. The van der Waals surface area contributed by atoms with Crippen LogP contribution in [0.25, 0.3) is 22.2 Å². The fraction of sp³-hybridized carbons (Fsp3) is 0.200. The summed E-state index contributed by atoms with van der Waals surface area (Å²) in [7, 11) is 0. The quantitative estimate of drug-likeness (QED) is 0.769. The molecule has 0 aliphatic carbocycles. The Balaban J connectivity index is 1.71. The van der Waals surface area contributed by atoms with Crippen LogP contribution in [0.3, 0.4) is 0 Å². The van der Waals surface area contributed by atoms with Gasteiger partial charge in [0.2, 0.25) is 5.91 Å². The van der Waals surface area contributed by atoms with Gasteiger partial charge in [0.05, 0.1) is 17.3 Å². The van der Waals surface area contributed by atoms with Gasteiger partial charge in [-0.05, 0) is 12.1 Å². The summed E-state index contributed by atoms with van der Waals surface area (Å²) in [6.45, 7) is 0.602. The number of nitrogens with two attached hydrogens (primary N) is 1. The normalized spacial score (nSPS) is 19.8. The zero-order valence-electron chi connectivity index (χ0n) is 13.7. The van der Waals surface area contributed by atoms with Gasteiger partial charge in [-0.1, -0.05) is 42.5 Å². The van der Waals surface area contributed by atoms with Gasteiger partial charge in [-0.3, -0.25) is 4.79 Å². The minimum absolute atomic E-state index is 0.0908. The van der Waals surface area contributed by atoms with E-state index < -0.39 is 0 Å². The lowest BCUT2D eigenvalue weighted by Crippen LogP contribution is -2.36. The summed E-state index contributed by atoms with van der Waals surface area (Å²) in [5.41, 5.74) is 8.17. The average Bonchev–Trinajstić information content (AvgIpc) is 3.11. The van der Waals surface area contributed by atoms with E-state index in [9.17, 15) is 4.79 Å². The highest BCUT2D eigenvalue weighted by molar-refractivity contribution is 5.88. The smallest absolute Gasteiger partial charge is 0.234 e. The zero-order chi connectivity index (χ0) is 17.2. The first kappa shape index (κ1) is 15.6. The Bertz CT molecular complexity index is 911.